The molecule has 3 atom stereocenters. The fourth-order valence-electron chi connectivity index (χ4n) is 3.39. The summed E-state index contributed by atoms with van der Waals surface area (Å²) in [6.45, 7) is 2.39. The van der Waals surface area contributed by atoms with Gasteiger partial charge in [-0.25, -0.2) is 0 Å². The summed E-state index contributed by atoms with van der Waals surface area (Å²) in [5, 5.41) is 0. The van der Waals surface area contributed by atoms with E-state index in [0.29, 0.717) is 5.92 Å². The highest BCUT2D eigenvalue weighted by Gasteiger charge is 2.71. The van der Waals surface area contributed by atoms with Crippen molar-refractivity contribution >= 4 is 11.9 Å². The maximum atomic E-state index is 11.8. The molecule has 4 heteroatoms. The Morgan fingerprint density at radius 2 is 2.20 bits per heavy atom. The van der Waals surface area contributed by atoms with Gasteiger partial charge in [-0.3, -0.25) is 9.59 Å². The maximum absolute atomic E-state index is 11.8. The van der Waals surface area contributed by atoms with E-state index >= 15 is 0 Å². The van der Waals surface area contributed by atoms with Crippen LogP contribution in [0.25, 0.3) is 0 Å². The molecule has 2 heterocycles. The second-order valence-electron chi connectivity index (χ2n) is 5.15. The Bertz CT molecular complexity index is 350. The number of esters is 2. The summed E-state index contributed by atoms with van der Waals surface area (Å²) in [5.74, 6) is 0.0129. The highest BCUT2D eigenvalue weighted by atomic mass is 16.6. The number of hydrogen-bond donors (Lipinski definition) is 0. The van der Waals surface area contributed by atoms with E-state index in [2.05, 4.69) is 6.92 Å². The molecule has 1 saturated carbocycles. The Morgan fingerprint density at radius 1 is 1.40 bits per heavy atom. The predicted molar refractivity (Wildman–Crippen MR) is 49.8 cm³/mol. The van der Waals surface area contributed by atoms with Gasteiger partial charge < -0.3 is 9.47 Å². The molecule has 4 nitrogen and oxygen atoms in total. The molecule has 3 rings (SSSR count). The monoisotopic (exact) mass is 210 g/mol. The summed E-state index contributed by atoms with van der Waals surface area (Å²) in [6.07, 6.45) is 2.73. The number of carbonyl (C=O) groups excluding carboxylic acids is 2. The van der Waals surface area contributed by atoms with Gasteiger partial charge in [0.25, 0.3) is 0 Å². The third-order valence-corrected chi connectivity index (χ3v) is 4.19. The molecule has 0 radical (unpaired) electrons. The molecule has 82 valence electrons. The Labute approximate surface area is 87.9 Å². The van der Waals surface area contributed by atoms with Crippen molar-refractivity contribution in [3.8, 4) is 0 Å². The minimum atomic E-state index is -0.651. The second-order valence-corrected chi connectivity index (χ2v) is 5.15. The van der Waals surface area contributed by atoms with Gasteiger partial charge in [0.2, 0.25) is 0 Å². The molecule has 0 N–H and O–H groups in total. The summed E-state index contributed by atoms with van der Waals surface area (Å²) in [6, 6.07) is 0. The number of rotatable bonds is 0. The van der Waals surface area contributed by atoms with E-state index in [4.69, 9.17) is 9.47 Å². The highest BCUT2D eigenvalue weighted by Crippen LogP contribution is 2.59. The van der Waals surface area contributed by atoms with Crippen LogP contribution in [0.1, 0.15) is 32.6 Å². The average molecular weight is 210 g/mol. The van der Waals surface area contributed by atoms with Crippen molar-refractivity contribution in [3.05, 3.63) is 0 Å². The minimum Gasteiger partial charge on any atom is -0.461 e. The minimum absolute atomic E-state index is 0.218. The molecule has 0 bridgehead atoms. The van der Waals surface area contributed by atoms with Crippen LogP contribution in [0.4, 0.5) is 0 Å². The van der Waals surface area contributed by atoms with Gasteiger partial charge in [0.15, 0.2) is 5.60 Å². The van der Waals surface area contributed by atoms with Gasteiger partial charge in [0.05, 0.1) is 6.42 Å². The van der Waals surface area contributed by atoms with Crippen LogP contribution in [0.5, 0.6) is 0 Å². The van der Waals surface area contributed by atoms with Gasteiger partial charge in [-0.05, 0) is 25.2 Å². The highest BCUT2D eigenvalue weighted by molar-refractivity contribution is 5.90. The van der Waals surface area contributed by atoms with Crippen molar-refractivity contribution in [1.29, 1.82) is 0 Å². The number of hydrogen-bond acceptors (Lipinski definition) is 4. The Balaban J connectivity index is 2.08. The summed E-state index contributed by atoms with van der Waals surface area (Å²) in [5.41, 5.74) is -1.27. The average Bonchev–Trinajstić information content (AvgIpc) is 2.59. The maximum Gasteiger partial charge on any atom is 0.317 e. The predicted octanol–water partition coefficient (Wildman–Crippen LogP) is 1.04. The van der Waals surface area contributed by atoms with Crippen LogP contribution in [-0.4, -0.2) is 24.1 Å². The van der Waals surface area contributed by atoms with E-state index in [9.17, 15) is 9.59 Å². The smallest absolute Gasteiger partial charge is 0.317 e. The van der Waals surface area contributed by atoms with Crippen LogP contribution in [0.2, 0.25) is 0 Å². The molecule has 3 aliphatic rings. The quantitative estimate of drug-likeness (QED) is 0.560. The first kappa shape index (κ1) is 9.19. The Hall–Kier alpha value is -1.06. The number of cyclic esters (lactones) is 1. The van der Waals surface area contributed by atoms with Crippen LogP contribution in [-0.2, 0) is 19.1 Å². The third kappa shape index (κ3) is 0.924. The molecule has 15 heavy (non-hydrogen) atoms. The van der Waals surface area contributed by atoms with E-state index in [1.165, 1.54) is 0 Å². The van der Waals surface area contributed by atoms with Gasteiger partial charge in [-0.1, -0.05) is 6.92 Å². The largest absolute Gasteiger partial charge is 0.461 e. The summed E-state index contributed by atoms with van der Waals surface area (Å²) in [7, 11) is 0. The molecule has 0 aromatic heterocycles. The number of carbonyl (C=O) groups is 2. The lowest BCUT2D eigenvalue weighted by molar-refractivity contribution is -0.154. The van der Waals surface area contributed by atoms with Gasteiger partial charge >= 0.3 is 11.9 Å². The first-order valence-electron chi connectivity index (χ1n) is 5.47. The first-order valence-corrected chi connectivity index (χ1v) is 5.47. The summed E-state index contributed by atoms with van der Waals surface area (Å²) >= 11 is 0. The zero-order valence-electron chi connectivity index (χ0n) is 8.75. The molecule has 3 fully saturated rings. The summed E-state index contributed by atoms with van der Waals surface area (Å²) < 4.78 is 10.5. The van der Waals surface area contributed by atoms with Gasteiger partial charge in [0, 0.05) is 0 Å². The Kier molecular flexibility index (Phi) is 1.56. The molecule has 0 aromatic carbocycles. The van der Waals surface area contributed by atoms with E-state index < -0.39 is 11.0 Å². The molecule has 0 spiro atoms. The van der Waals surface area contributed by atoms with Gasteiger partial charge in [-0.2, -0.15) is 0 Å². The van der Waals surface area contributed by atoms with Crippen molar-refractivity contribution in [2.75, 3.05) is 6.61 Å². The van der Waals surface area contributed by atoms with Crippen LogP contribution in [0, 0.1) is 11.3 Å². The zero-order valence-corrected chi connectivity index (χ0v) is 8.75. The van der Waals surface area contributed by atoms with Crippen molar-refractivity contribution in [2.45, 2.75) is 38.2 Å². The van der Waals surface area contributed by atoms with Crippen molar-refractivity contribution in [2.24, 2.45) is 11.3 Å². The lowest BCUT2D eigenvalue weighted by Gasteiger charge is -2.39. The number of ether oxygens (including phenoxy) is 2. The fraction of sp³-hybridized carbons (Fsp3) is 0.818. The Morgan fingerprint density at radius 3 is 3.00 bits per heavy atom. The van der Waals surface area contributed by atoms with Gasteiger partial charge in [-0.15, -0.1) is 0 Å². The molecule has 2 saturated heterocycles. The van der Waals surface area contributed by atoms with Crippen molar-refractivity contribution in [1.82, 2.24) is 0 Å². The molecular formula is C11H14O4. The lowest BCUT2D eigenvalue weighted by Crippen LogP contribution is -2.49. The zero-order chi connectivity index (χ0) is 10.7. The van der Waals surface area contributed by atoms with Crippen molar-refractivity contribution < 1.29 is 19.1 Å². The van der Waals surface area contributed by atoms with Gasteiger partial charge in [0.1, 0.15) is 12.0 Å². The standard InChI is InChI=1S/C11H14O4/c1-7-2-3-11-6-14-9(13)10(11,4-7)5-8(12)15-11/h7H,2-6H2,1H3/t7-,10+,11-/m1/s1. The fourth-order valence-corrected chi connectivity index (χ4v) is 3.39. The van der Waals surface area contributed by atoms with Crippen LogP contribution in [0.3, 0.4) is 0 Å². The van der Waals surface area contributed by atoms with Crippen LogP contribution in [0.15, 0.2) is 0 Å². The topological polar surface area (TPSA) is 52.6 Å². The molecule has 1 aliphatic carbocycles. The molecule has 2 aliphatic heterocycles. The molecule has 0 unspecified atom stereocenters. The van der Waals surface area contributed by atoms with E-state index in [-0.39, 0.29) is 25.0 Å². The van der Waals surface area contributed by atoms with E-state index in [0.717, 1.165) is 19.3 Å². The molecule has 0 amide bonds. The molecule has 0 aromatic rings. The van der Waals surface area contributed by atoms with Crippen LogP contribution >= 0.6 is 0 Å². The lowest BCUT2D eigenvalue weighted by atomic mass is 9.62. The van der Waals surface area contributed by atoms with Crippen molar-refractivity contribution in [3.63, 3.8) is 0 Å². The van der Waals surface area contributed by atoms with Crippen LogP contribution < -0.4 is 0 Å². The SMILES string of the molecule is C[C@@H]1CC[C@@]23COC(=O)[C@@]2(CC(=O)O3)C1. The molecular weight excluding hydrogens is 196 g/mol. The summed E-state index contributed by atoms with van der Waals surface area (Å²) in [4.78, 5) is 23.3. The first-order chi connectivity index (χ1) is 7.08. The normalized spacial score (nSPS) is 48.2. The third-order valence-electron chi connectivity index (χ3n) is 4.19. The van der Waals surface area contributed by atoms with E-state index in [1.807, 2.05) is 0 Å². The van der Waals surface area contributed by atoms with E-state index in [1.54, 1.807) is 0 Å². The second kappa shape index (κ2) is 2.54.